The molecule has 0 radical (unpaired) electrons. The minimum atomic E-state index is -2.86. The molecule has 3 rings (SSSR count). The molecule has 138 valence electrons. The molecule has 0 spiro atoms. The van der Waals surface area contributed by atoms with Gasteiger partial charge in [0, 0.05) is 10.9 Å². The van der Waals surface area contributed by atoms with Crippen molar-refractivity contribution in [3.8, 4) is 16.9 Å². The van der Waals surface area contributed by atoms with Gasteiger partial charge in [0.25, 0.3) is 0 Å². The van der Waals surface area contributed by atoms with Crippen LogP contribution in [0.25, 0.3) is 28.0 Å². The molecule has 0 N–H and O–H groups in total. The van der Waals surface area contributed by atoms with E-state index in [1.807, 2.05) is 49.4 Å². The van der Waals surface area contributed by atoms with Crippen LogP contribution in [-0.4, -0.2) is 6.61 Å². The summed E-state index contributed by atoms with van der Waals surface area (Å²) >= 11 is 0. The summed E-state index contributed by atoms with van der Waals surface area (Å²) in [5.74, 6) is 0.215. The molecule has 27 heavy (non-hydrogen) atoms. The maximum atomic E-state index is 12.9. The largest absolute Gasteiger partial charge is 0.434 e. The highest BCUT2D eigenvalue weighted by molar-refractivity contribution is 5.94. The van der Waals surface area contributed by atoms with E-state index in [9.17, 15) is 8.78 Å². The van der Waals surface area contributed by atoms with E-state index in [-0.39, 0.29) is 5.75 Å². The standard InChI is InChI=1S/C24H22F2O/c1-3-5-7-17-8-10-18(11-9-17)20-14-15-22-21(16-20)13-12-19(6-4-2)23(22)27-24(25)26/h3-4,6,8-16,24H,1,5,7H2,2H3/b6-4+. The number of aryl methyl sites for hydroxylation is 1. The molecular weight excluding hydrogens is 342 g/mol. The summed E-state index contributed by atoms with van der Waals surface area (Å²) < 4.78 is 30.6. The number of benzene rings is 3. The summed E-state index contributed by atoms with van der Waals surface area (Å²) in [5, 5.41) is 1.55. The maximum absolute atomic E-state index is 12.9. The van der Waals surface area contributed by atoms with Crippen LogP contribution in [0.2, 0.25) is 0 Å². The molecule has 0 heterocycles. The van der Waals surface area contributed by atoms with Crippen molar-refractivity contribution in [2.45, 2.75) is 26.4 Å². The van der Waals surface area contributed by atoms with Crippen LogP contribution in [0.15, 0.2) is 73.3 Å². The normalized spacial score (nSPS) is 11.4. The molecule has 0 saturated carbocycles. The Bertz CT molecular complexity index is 956. The van der Waals surface area contributed by atoms with E-state index in [0.717, 1.165) is 29.4 Å². The lowest BCUT2D eigenvalue weighted by Gasteiger charge is -2.13. The lowest BCUT2D eigenvalue weighted by atomic mass is 9.97. The molecule has 3 heteroatoms. The summed E-state index contributed by atoms with van der Waals surface area (Å²) in [6.07, 6.45) is 7.42. The summed E-state index contributed by atoms with van der Waals surface area (Å²) in [6, 6.07) is 17.9. The molecule has 0 aliphatic heterocycles. The molecule has 0 aromatic heterocycles. The van der Waals surface area contributed by atoms with Gasteiger partial charge in [-0.05, 0) is 47.9 Å². The molecule has 0 bridgehead atoms. The number of halogens is 2. The zero-order chi connectivity index (χ0) is 19.2. The van der Waals surface area contributed by atoms with Gasteiger partial charge < -0.3 is 4.74 Å². The minimum Gasteiger partial charge on any atom is -0.434 e. The third kappa shape index (κ3) is 4.43. The van der Waals surface area contributed by atoms with E-state index in [1.54, 1.807) is 6.08 Å². The van der Waals surface area contributed by atoms with E-state index in [2.05, 4.69) is 30.8 Å². The van der Waals surface area contributed by atoms with Crippen LogP contribution in [0.5, 0.6) is 5.75 Å². The second-order valence-electron chi connectivity index (χ2n) is 6.32. The van der Waals surface area contributed by atoms with Crippen LogP contribution in [-0.2, 0) is 6.42 Å². The molecule has 0 atom stereocenters. The Kier molecular flexibility index (Phi) is 6.02. The molecule has 0 aliphatic rings. The van der Waals surface area contributed by atoms with Gasteiger partial charge in [0.1, 0.15) is 5.75 Å². The fraction of sp³-hybridized carbons (Fsp3) is 0.167. The van der Waals surface area contributed by atoms with Crippen molar-refractivity contribution in [2.24, 2.45) is 0 Å². The van der Waals surface area contributed by atoms with E-state index in [0.29, 0.717) is 10.9 Å². The number of alkyl halides is 2. The summed E-state index contributed by atoms with van der Waals surface area (Å²) in [7, 11) is 0. The van der Waals surface area contributed by atoms with E-state index >= 15 is 0 Å². The first-order valence-electron chi connectivity index (χ1n) is 8.97. The SMILES string of the molecule is C=CCCc1ccc(-c2ccc3c(OC(F)F)c(/C=C/C)ccc3c2)cc1. The van der Waals surface area contributed by atoms with Gasteiger partial charge in [-0.25, -0.2) is 0 Å². The van der Waals surface area contributed by atoms with Crippen LogP contribution in [0.3, 0.4) is 0 Å². The molecule has 0 fully saturated rings. The topological polar surface area (TPSA) is 9.23 Å². The van der Waals surface area contributed by atoms with Gasteiger partial charge in [0.05, 0.1) is 0 Å². The highest BCUT2D eigenvalue weighted by Crippen LogP contribution is 2.34. The Hall–Kier alpha value is -2.94. The van der Waals surface area contributed by atoms with Crippen molar-refractivity contribution in [3.05, 3.63) is 84.5 Å². The number of rotatable bonds is 7. The van der Waals surface area contributed by atoms with E-state index < -0.39 is 6.61 Å². The Balaban J connectivity index is 2.00. The number of fused-ring (bicyclic) bond motifs is 1. The third-order valence-electron chi connectivity index (χ3n) is 4.48. The smallest absolute Gasteiger partial charge is 0.387 e. The number of allylic oxidation sites excluding steroid dienone is 2. The number of hydrogen-bond acceptors (Lipinski definition) is 1. The van der Waals surface area contributed by atoms with Crippen molar-refractivity contribution in [1.29, 1.82) is 0 Å². The van der Waals surface area contributed by atoms with Crippen molar-refractivity contribution < 1.29 is 13.5 Å². The van der Waals surface area contributed by atoms with E-state index in [1.165, 1.54) is 5.56 Å². The monoisotopic (exact) mass is 364 g/mol. The fourth-order valence-corrected chi connectivity index (χ4v) is 3.16. The zero-order valence-electron chi connectivity index (χ0n) is 15.3. The van der Waals surface area contributed by atoms with Gasteiger partial charge in [0.2, 0.25) is 0 Å². The molecule has 3 aromatic rings. The van der Waals surface area contributed by atoms with Crippen LogP contribution >= 0.6 is 0 Å². The van der Waals surface area contributed by atoms with Gasteiger partial charge in [-0.1, -0.05) is 66.8 Å². The van der Waals surface area contributed by atoms with E-state index in [4.69, 9.17) is 4.74 Å². The Morgan fingerprint density at radius 2 is 1.74 bits per heavy atom. The molecular formula is C24H22F2O. The maximum Gasteiger partial charge on any atom is 0.387 e. The third-order valence-corrected chi connectivity index (χ3v) is 4.48. The van der Waals surface area contributed by atoms with Crippen LogP contribution in [0.4, 0.5) is 8.78 Å². The van der Waals surface area contributed by atoms with Crippen LogP contribution in [0, 0.1) is 0 Å². The summed E-state index contributed by atoms with van der Waals surface area (Å²) in [6.45, 7) is 2.74. The Morgan fingerprint density at radius 3 is 2.41 bits per heavy atom. The first-order valence-corrected chi connectivity index (χ1v) is 8.97. The molecule has 3 aromatic carbocycles. The summed E-state index contributed by atoms with van der Waals surface area (Å²) in [4.78, 5) is 0. The number of ether oxygens (including phenoxy) is 1. The molecule has 1 nitrogen and oxygen atoms in total. The fourth-order valence-electron chi connectivity index (χ4n) is 3.16. The van der Waals surface area contributed by atoms with Crippen molar-refractivity contribution in [2.75, 3.05) is 0 Å². The van der Waals surface area contributed by atoms with Gasteiger partial charge in [0.15, 0.2) is 0 Å². The molecule has 0 aliphatic carbocycles. The predicted octanol–water partition coefficient (Wildman–Crippen LogP) is 7.26. The number of hydrogen-bond donors (Lipinski definition) is 0. The average Bonchev–Trinajstić information content (AvgIpc) is 2.68. The lowest BCUT2D eigenvalue weighted by molar-refractivity contribution is -0.0489. The van der Waals surface area contributed by atoms with Gasteiger partial charge in [-0.3, -0.25) is 0 Å². The zero-order valence-corrected chi connectivity index (χ0v) is 15.3. The first kappa shape index (κ1) is 18.8. The quantitative estimate of drug-likeness (QED) is 0.401. The van der Waals surface area contributed by atoms with Crippen molar-refractivity contribution in [1.82, 2.24) is 0 Å². The van der Waals surface area contributed by atoms with Crippen LogP contribution in [0.1, 0.15) is 24.5 Å². The second-order valence-corrected chi connectivity index (χ2v) is 6.32. The molecule has 0 unspecified atom stereocenters. The highest BCUT2D eigenvalue weighted by Gasteiger charge is 2.13. The highest BCUT2D eigenvalue weighted by atomic mass is 19.3. The lowest BCUT2D eigenvalue weighted by Crippen LogP contribution is -2.04. The Morgan fingerprint density at radius 1 is 1.00 bits per heavy atom. The summed E-state index contributed by atoms with van der Waals surface area (Å²) in [5.41, 5.74) is 4.04. The average molecular weight is 364 g/mol. The predicted molar refractivity (Wildman–Crippen MR) is 109 cm³/mol. The molecule has 0 amide bonds. The van der Waals surface area contributed by atoms with Crippen LogP contribution < -0.4 is 4.74 Å². The second kappa shape index (κ2) is 8.63. The molecule has 0 saturated heterocycles. The minimum absolute atomic E-state index is 0.215. The first-order chi connectivity index (χ1) is 13.1. The van der Waals surface area contributed by atoms with Gasteiger partial charge >= 0.3 is 6.61 Å². The van der Waals surface area contributed by atoms with Crippen molar-refractivity contribution >= 4 is 16.8 Å². The van der Waals surface area contributed by atoms with Crippen molar-refractivity contribution in [3.63, 3.8) is 0 Å². The van der Waals surface area contributed by atoms with Gasteiger partial charge in [-0.2, -0.15) is 8.78 Å². The van der Waals surface area contributed by atoms with Gasteiger partial charge in [-0.15, -0.1) is 6.58 Å². The Labute approximate surface area is 158 Å².